The molecule has 2 heterocycles. The lowest BCUT2D eigenvalue weighted by atomic mass is 9.53. The minimum absolute atomic E-state index is 0.0227. The SMILES string of the molecule is C[C@]12CCC3c4ccc(OS(=O)(=O)F)cc4CCC3C1CCC2(O)c1cn(CCOCCOCCOCCNC(=O)c2ccc(-c3c4ccc(=O)cc-4oc4cc(O)ccc34)c(C(=O)O)c2)nn1. The van der Waals surface area contributed by atoms with Crippen molar-refractivity contribution in [1.82, 2.24) is 20.3 Å². The Hall–Kier alpha value is -6.25. The number of carbonyl (C=O) groups excluding carboxylic acids is 1. The minimum Gasteiger partial charge on any atom is -0.508 e. The van der Waals surface area contributed by atoms with Gasteiger partial charge in [0.15, 0.2) is 5.43 Å². The lowest BCUT2D eigenvalue weighted by Crippen LogP contribution is -2.49. The molecular formula is C49H51FN4O13S. The number of rotatable bonds is 18. The fourth-order valence-corrected chi connectivity index (χ4v) is 11.4. The molecule has 1 aromatic heterocycles. The maximum absolute atomic E-state index is 13.2. The molecule has 358 valence electrons. The third kappa shape index (κ3) is 9.32. The van der Waals surface area contributed by atoms with E-state index in [1.807, 2.05) is 12.3 Å². The van der Waals surface area contributed by atoms with E-state index in [4.69, 9.17) is 18.6 Å². The van der Waals surface area contributed by atoms with Gasteiger partial charge in [-0.25, -0.2) is 9.48 Å². The van der Waals surface area contributed by atoms with E-state index in [1.165, 1.54) is 42.5 Å². The molecule has 9 rings (SSSR count). The summed E-state index contributed by atoms with van der Waals surface area (Å²) in [6.45, 7) is 4.56. The van der Waals surface area contributed by atoms with Gasteiger partial charge in [-0.15, -0.1) is 5.10 Å². The number of phenols is 1. The van der Waals surface area contributed by atoms with Gasteiger partial charge in [0, 0.05) is 46.2 Å². The van der Waals surface area contributed by atoms with Gasteiger partial charge < -0.3 is 43.4 Å². The van der Waals surface area contributed by atoms with Crippen molar-refractivity contribution >= 4 is 33.3 Å². The van der Waals surface area contributed by atoms with Crippen LogP contribution >= 0.6 is 0 Å². The first-order chi connectivity index (χ1) is 32.6. The number of carboxylic acids is 1. The molecule has 0 spiro atoms. The van der Waals surface area contributed by atoms with Crippen molar-refractivity contribution in [3.05, 3.63) is 117 Å². The third-order valence-corrected chi connectivity index (χ3v) is 14.6. The summed E-state index contributed by atoms with van der Waals surface area (Å²) in [5.74, 6) is -0.762. The van der Waals surface area contributed by atoms with Gasteiger partial charge in [-0.1, -0.05) is 28.2 Å². The Morgan fingerprint density at radius 2 is 1.68 bits per heavy atom. The summed E-state index contributed by atoms with van der Waals surface area (Å²) >= 11 is 0. The lowest BCUT2D eigenvalue weighted by Gasteiger charge is -2.52. The summed E-state index contributed by atoms with van der Waals surface area (Å²) in [5, 5.41) is 44.6. The van der Waals surface area contributed by atoms with E-state index in [1.54, 1.807) is 28.9 Å². The van der Waals surface area contributed by atoms with Crippen LogP contribution in [0, 0.1) is 17.3 Å². The van der Waals surface area contributed by atoms with Crippen molar-refractivity contribution in [3.8, 4) is 33.9 Å². The quantitative estimate of drug-likeness (QED) is 0.0416. The number of hydrogen-bond acceptors (Lipinski definition) is 14. The zero-order chi connectivity index (χ0) is 47.8. The summed E-state index contributed by atoms with van der Waals surface area (Å²) in [6, 6.07) is 18.0. The molecule has 0 bridgehead atoms. The Kier molecular flexibility index (Phi) is 13.1. The van der Waals surface area contributed by atoms with Gasteiger partial charge in [-0.2, -0.15) is 8.42 Å². The van der Waals surface area contributed by atoms with Gasteiger partial charge >= 0.3 is 16.5 Å². The van der Waals surface area contributed by atoms with Gasteiger partial charge in [0.1, 0.15) is 34.1 Å². The molecule has 17 nitrogen and oxygen atoms in total. The van der Waals surface area contributed by atoms with Crippen LogP contribution in [0.2, 0.25) is 0 Å². The maximum Gasteiger partial charge on any atom is 0.488 e. The fourth-order valence-electron chi connectivity index (χ4n) is 11.0. The van der Waals surface area contributed by atoms with Crippen molar-refractivity contribution in [1.29, 1.82) is 0 Å². The monoisotopic (exact) mass is 954 g/mol. The normalized spacial score (nSPS) is 22.1. The van der Waals surface area contributed by atoms with Gasteiger partial charge in [-0.05, 0) is 121 Å². The predicted octanol–water partition coefficient (Wildman–Crippen LogP) is 6.38. The Morgan fingerprint density at radius 3 is 2.46 bits per heavy atom. The van der Waals surface area contributed by atoms with Crippen LogP contribution in [-0.2, 0) is 43.3 Å². The largest absolute Gasteiger partial charge is 0.508 e. The van der Waals surface area contributed by atoms with E-state index < -0.39 is 33.4 Å². The molecule has 1 amide bonds. The summed E-state index contributed by atoms with van der Waals surface area (Å²) in [5.41, 5.74) is 2.37. The highest BCUT2D eigenvalue weighted by atomic mass is 32.3. The summed E-state index contributed by atoms with van der Waals surface area (Å²) in [4.78, 5) is 37.7. The number of carboxylic acid groups (broad SMARTS) is 1. The van der Waals surface area contributed by atoms with Gasteiger partial charge in [-0.3, -0.25) is 9.59 Å². The van der Waals surface area contributed by atoms with E-state index in [2.05, 4.69) is 26.7 Å². The molecular weight excluding hydrogens is 904 g/mol. The lowest BCUT2D eigenvalue weighted by molar-refractivity contribution is -0.111. The fraction of sp³-hybridized carbons (Fsp3) is 0.408. The van der Waals surface area contributed by atoms with Gasteiger partial charge in [0.25, 0.3) is 5.91 Å². The number of nitrogens with zero attached hydrogens (tertiary/aromatic N) is 3. The van der Waals surface area contributed by atoms with Crippen molar-refractivity contribution in [2.24, 2.45) is 17.3 Å². The van der Waals surface area contributed by atoms with Gasteiger partial charge in [0.05, 0.1) is 57.9 Å². The summed E-state index contributed by atoms with van der Waals surface area (Å²) < 4.78 is 64.3. The molecule has 2 saturated carbocycles. The van der Waals surface area contributed by atoms with Crippen LogP contribution < -0.4 is 14.9 Å². The average molecular weight is 955 g/mol. The number of carbonyl (C=O) groups is 2. The molecule has 5 aliphatic rings. The first-order valence-electron chi connectivity index (χ1n) is 22.6. The number of aromatic carboxylic acids is 1. The van der Waals surface area contributed by atoms with E-state index >= 15 is 0 Å². The molecule has 19 heteroatoms. The standard InChI is InChI=1S/C49H51FN4O13S/c1-48-14-12-35-34-11-6-33(67-68(50,61)62)24-29(34)2-7-36(35)41(48)13-15-49(48,60)44-28-54(53-52-44)17-19-64-21-23-65-22-20-63-18-16-51-46(57)30-3-8-37(40(25-30)47(58)59)45-38-9-4-31(55)26-42(38)66-43-27-32(56)5-10-39(43)45/h3-6,8-11,24-28,35-36,41,55,60H,2,7,12-23H2,1H3,(H,51,57)(H,58,59)/t35?,36?,41?,48-,49?/m0/s1. The molecule has 0 saturated heterocycles. The number of fused-ring (bicyclic) bond motifs is 7. The zero-order valence-corrected chi connectivity index (χ0v) is 38.0. The van der Waals surface area contributed by atoms with Crippen LogP contribution in [0.3, 0.4) is 0 Å². The number of ether oxygens (including phenoxy) is 3. The molecule has 0 radical (unpaired) electrons. The number of aromatic hydroxyl groups is 1. The molecule has 68 heavy (non-hydrogen) atoms. The van der Waals surface area contributed by atoms with Crippen LogP contribution in [0.1, 0.15) is 82.5 Å². The van der Waals surface area contributed by atoms with Crippen molar-refractivity contribution in [2.75, 3.05) is 46.2 Å². The van der Waals surface area contributed by atoms with E-state index in [0.29, 0.717) is 79.5 Å². The Morgan fingerprint density at radius 1 is 0.912 bits per heavy atom. The minimum atomic E-state index is -5.10. The summed E-state index contributed by atoms with van der Waals surface area (Å²) in [6.07, 6.45) is 6.46. The highest BCUT2D eigenvalue weighted by molar-refractivity contribution is 7.81. The highest BCUT2D eigenvalue weighted by Gasteiger charge is 2.63. The third-order valence-electron chi connectivity index (χ3n) is 14.2. The zero-order valence-electron chi connectivity index (χ0n) is 37.2. The van der Waals surface area contributed by atoms with E-state index in [-0.39, 0.29) is 71.0 Å². The molecule has 4 N–H and O–H groups in total. The number of aliphatic hydroxyl groups is 1. The van der Waals surface area contributed by atoms with Crippen LogP contribution in [0.5, 0.6) is 11.5 Å². The number of phenolic OH excluding ortho intramolecular Hbond substituents is 1. The number of benzene rings is 4. The smallest absolute Gasteiger partial charge is 0.488 e. The number of amides is 1. The van der Waals surface area contributed by atoms with Crippen LogP contribution in [-0.4, -0.2) is 96.8 Å². The van der Waals surface area contributed by atoms with Crippen molar-refractivity contribution in [2.45, 2.75) is 63.5 Å². The molecule has 4 unspecified atom stereocenters. The Balaban J connectivity index is 0.685. The second kappa shape index (κ2) is 19.0. The van der Waals surface area contributed by atoms with Crippen LogP contribution in [0.4, 0.5) is 3.89 Å². The van der Waals surface area contributed by atoms with Crippen molar-refractivity contribution in [3.63, 3.8) is 0 Å². The first kappa shape index (κ1) is 46.8. The second-order valence-electron chi connectivity index (χ2n) is 17.9. The molecule has 4 aromatic rings. The number of aryl methyl sites for hydroxylation is 1. The molecule has 4 aliphatic carbocycles. The molecule has 1 aliphatic heterocycles. The number of hydrogen-bond donors (Lipinski definition) is 4. The van der Waals surface area contributed by atoms with Crippen LogP contribution in [0.15, 0.2) is 88.2 Å². The topological polar surface area (TPSA) is 239 Å². The molecule has 2 fully saturated rings. The number of halogens is 1. The maximum atomic E-state index is 13.2. The van der Waals surface area contributed by atoms with Crippen molar-refractivity contribution < 1.29 is 60.0 Å². The predicted molar refractivity (Wildman–Crippen MR) is 244 cm³/mol. The average Bonchev–Trinajstić information content (AvgIpc) is 3.89. The summed E-state index contributed by atoms with van der Waals surface area (Å²) in [7, 11) is -5.10. The Labute approximate surface area is 390 Å². The first-order valence-corrected chi connectivity index (χ1v) is 23.9. The Bertz CT molecular complexity index is 3010. The molecule has 3 aromatic carbocycles. The number of aromatic nitrogens is 3. The van der Waals surface area contributed by atoms with Crippen LogP contribution in [0.25, 0.3) is 33.4 Å². The van der Waals surface area contributed by atoms with E-state index in [9.17, 15) is 42.0 Å². The molecule has 5 atom stereocenters. The second-order valence-corrected chi connectivity index (χ2v) is 18.9. The van der Waals surface area contributed by atoms with E-state index in [0.717, 1.165) is 36.8 Å². The number of nitrogens with one attached hydrogen (secondary N) is 1. The highest BCUT2D eigenvalue weighted by Crippen LogP contribution is 2.66. The van der Waals surface area contributed by atoms with Gasteiger partial charge in [0.2, 0.25) is 0 Å².